The molecule has 2 nitrogen and oxygen atoms in total. The van der Waals surface area contributed by atoms with Crippen molar-refractivity contribution in [1.82, 2.24) is 0 Å². The molecule has 3 N–H and O–H groups in total. The van der Waals surface area contributed by atoms with Gasteiger partial charge in [0.1, 0.15) is 5.75 Å². The molecule has 1 aliphatic carbocycles. The van der Waals surface area contributed by atoms with E-state index < -0.39 is 0 Å². The molecule has 1 aromatic carbocycles. The van der Waals surface area contributed by atoms with Crippen molar-refractivity contribution in [1.29, 1.82) is 0 Å². The second-order valence-electron chi connectivity index (χ2n) is 3.92. The SMILES string of the molecule is NC(c1ccc(I)cc1O)C1CCC1. The Morgan fingerprint density at radius 1 is 1.43 bits per heavy atom. The van der Waals surface area contributed by atoms with Crippen LogP contribution in [-0.2, 0) is 0 Å². The molecule has 0 aromatic heterocycles. The summed E-state index contributed by atoms with van der Waals surface area (Å²) in [7, 11) is 0. The third kappa shape index (κ3) is 1.88. The molecule has 1 aliphatic rings. The number of hydrogen-bond acceptors (Lipinski definition) is 2. The van der Waals surface area contributed by atoms with E-state index in [1.165, 1.54) is 19.3 Å². The number of rotatable bonds is 2. The predicted molar refractivity (Wildman–Crippen MR) is 65.1 cm³/mol. The average molecular weight is 303 g/mol. The van der Waals surface area contributed by atoms with Gasteiger partial charge in [-0.2, -0.15) is 0 Å². The van der Waals surface area contributed by atoms with Crippen LogP contribution in [0.5, 0.6) is 5.75 Å². The molecule has 0 amide bonds. The van der Waals surface area contributed by atoms with Gasteiger partial charge in [0, 0.05) is 15.2 Å². The first-order chi connectivity index (χ1) is 6.68. The minimum atomic E-state index is 0.0146. The zero-order chi connectivity index (χ0) is 10.1. The first-order valence-electron chi connectivity index (χ1n) is 4.92. The molecule has 3 heteroatoms. The molecule has 76 valence electrons. The van der Waals surface area contributed by atoms with Crippen molar-refractivity contribution >= 4 is 22.6 Å². The van der Waals surface area contributed by atoms with Crippen molar-refractivity contribution in [3.8, 4) is 5.75 Å². The largest absolute Gasteiger partial charge is 0.508 e. The molecule has 1 aromatic rings. The Hall–Kier alpha value is -0.290. The summed E-state index contributed by atoms with van der Waals surface area (Å²) in [6, 6.07) is 5.73. The fourth-order valence-electron chi connectivity index (χ4n) is 1.85. The summed E-state index contributed by atoms with van der Waals surface area (Å²) in [5.41, 5.74) is 6.99. The van der Waals surface area contributed by atoms with Gasteiger partial charge in [-0.05, 0) is 53.5 Å². The lowest BCUT2D eigenvalue weighted by molar-refractivity contribution is 0.260. The minimum Gasteiger partial charge on any atom is -0.508 e. The monoisotopic (exact) mass is 303 g/mol. The van der Waals surface area contributed by atoms with Crippen LogP contribution >= 0.6 is 22.6 Å². The molecule has 14 heavy (non-hydrogen) atoms. The van der Waals surface area contributed by atoms with E-state index in [1.807, 2.05) is 12.1 Å². The molecule has 1 atom stereocenters. The van der Waals surface area contributed by atoms with Gasteiger partial charge in [0.15, 0.2) is 0 Å². The van der Waals surface area contributed by atoms with E-state index in [4.69, 9.17) is 5.73 Å². The molecule has 1 unspecified atom stereocenters. The van der Waals surface area contributed by atoms with Gasteiger partial charge >= 0.3 is 0 Å². The van der Waals surface area contributed by atoms with Crippen LogP contribution in [-0.4, -0.2) is 5.11 Å². The molecule has 0 saturated heterocycles. The van der Waals surface area contributed by atoms with E-state index >= 15 is 0 Å². The molecule has 1 fully saturated rings. The number of halogens is 1. The number of phenols is 1. The smallest absolute Gasteiger partial charge is 0.121 e. The average Bonchev–Trinajstić information content (AvgIpc) is 2.00. The van der Waals surface area contributed by atoms with Crippen molar-refractivity contribution in [2.45, 2.75) is 25.3 Å². The van der Waals surface area contributed by atoms with Gasteiger partial charge in [-0.15, -0.1) is 0 Å². The summed E-state index contributed by atoms with van der Waals surface area (Å²) >= 11 is 2.19. The third-order valence-electron chi connectivity index (χ3n) is 3.01. The lowest BCUT2D eigenvalue weighted by Crippen LogP contribution is -2.26. The molecular formula is C11H14INO. The number of phenolic OH excluding ortho intramolecular Hbond substituents is 1. The maximum Gasteiger partial charge on any atom is 0.121 e. The molecule has 0 radical (unpaired) electrons. The Balaban J connectivity index is 2.22. The van der Waals surface area contributed by atoms with Crippen molar-refractivity contribution in [3.63, 3.8) is 0 Å². The lowest BCUT2D eigenvalue weighted by atomic mass is 9.77. The maximum atomic E-state index is 9.75. The highest BCUT2D eigenvalue weighted by molar-refractivity contribution is 14.1. The van der Waals surface area contributed by atoms with Crippen LogP contribution < -0.4 is 5.73 Å². The highest BCUT2D eigenvalue weighted by Gasteiger charge is 2.26. The second kappa shape index (κ2) is 4.06. The van der Waals surface area contributed by atoms with Gasteiger partial charge in [0.2, 0.25) is 0 Å². The van der Waals surface area contributed by atoms with Gasteiger partial charge < -0.3 is 10.8 Å². The van der Waals surface area contributed by atoms with Crippen molar-refractivity contribution < 1.29 is 5.11 Å². The van der Waals surface area contributed by atoms with E-state index in [0.29, 0.717) is 11.7 Å². The first-order valence-corrected chi connectivity index (χ1v) is 6.00. The standard InChI is InChI=1S/C11H14INO/c12-8-4-5-9(10(14)6-8)11(13)7-2-1-3-7/h4-7,11,14H,1-3,13H2. The number of nitrogens with two attached hydrogens (primary N) is 1. The second-order valence-corrected chi connectivity index (χ2v) is 5.17. The van der Waals surface area contributed by atoms with E-state index in [0.717, 1.165) is 9.13 Å². The fraction of sp³-hybridized carbons (Fsp3) is 0.455. The van der Waals surface area contributed by atoms with Crippen LogP contribution in [0.3, 0.4) is 0 Å². The van der Waals surface area contributed by atoms with Crippen LogP contribution in [0.1, 0.15) is 30.9 Å². The summed E-state index contributed by atoms with van der Waals surface area (Å²) in [6.45, 7) is 0. The van der Waals surface area contributed by atoms with Gasteiger partial charge in [-0.1, -0.05) is 12.5 Å². The van der Waals surface area contributed by atoms with Crippen LogP contribution in [0.4, 0.5) is 0 Å². The van der Waals surface area contributed by atoms with Crippen LogP contribution in [0.15, 0.2) is 18.2 Å². The summed E-state index contributed by atoms with van der Waals surface area (Å²) < 4.78 is 1.05. The third-order valence-corrected chi connectivity index (χ3v) is 3.68. The summed E-state index contributed by atoms with van der Waals surface area (Å²) in [6.07, 6.45) is 3.68. The molecule has 0 bridgehead atoms. The zero-order valence-corrected chi connectivity index (χ0v) is 10.1. The Bertz CT molecular complexity index is 336. The highest BCUT2D eigenvalue weighted by atomic mass is 127. The number of hydrogen-bond donors (Lipinski definition) is 2. The van der Waals surface area contributed by atoms with Gasteiger partial charge in [-0.3, -0.25) is 0 Å². The summed E-state index contributed by atoms with van der Waals surface area (Å²) in [4.78, 5) is 0. The molecule has 0 aliphatic heterocycles. The molecule has 2 rings (SSSR count). The van der Waals surface area contributed by atoms with Crippen molar-refractivity contribution in [2.24, 2.45) is 11.7 Å². The maximum absolute atomic E-state index is 9.75. The number of aromatic hydroxyl groups is 1. The van der Waals surface area contributed by atoms with Crippen LogP contribution in [0.25, 0.3) is 0 Å². The van der Waals surface area contributed by atoms with Gasteiger partial charge in [-0.25, -0.2) is 0 Å². The lowest BCUT2D eigenvalue weighted by Gasteiger charge is -2.31. The topological polar surface area (TPSA) is 46.2 Å². The van der Waals surface area contributed by atoms with Crippen molar-refractivity contribution in [3.05, 3.63) is 27.3 Å². The van der Waals surface area contributed by atoms with E-state index in [2.05, 4.69) is 22.6 Å². The Morgan fingerprint density at radius 2 is 2.14 bits per heavy atom. The zero-order valence-electron chi connectivity index (χ0n) is 7.91. The van der Waals surface area contributed by atoms with Gasteiger partial charge in [0.25, 0.3) is 0 Å². The number of benzene rings is 1. The van der Waals surface area contributed by atoms with Gasteiger partial charge in [0.05, 0.1) is 0 Å². The van der Waals surface area contributed by atoms with Crippen LogP contribution in [0.2, 0.25) is 0 Å². The van der Waals surface area contributed by atoms with Crippen molar-refractivity contribution in [2.75, 3.05) is 0 Å². The van der Waals surface area contributed by atoms with E-state index in [1.54, 1.807) is 6.07 Å². The molecule has 0 heterocycles. The van der Waals surface area contributed by atoms with E-state index in [-0.39, 0.29) is 6.04 Å². The predicted octanol–water partition coefficient (Wildman–Crippen LogP) is 2.80. The quantitative estimate of drug-likeness (QED) is 0.825. The first kappa shape index (κ1) is 10.2. The Kier molecular flexibility index (Phi) is 2.97. The molecular weight excluding hydrogens is 289 g/mol. The van der Waals surface area contributed by atoms with E-state index in [9.17, 15) is 5.11 Å². The molecule has 0 spiro atoms. The minimum absolute atomic E-state index is 0.0146. The van der Waals surface area contributed by atoms with Crippen LogP contribution in [0, 0.1) is 9.49 Å². The molecule has 1 saturated carbocycles. The summed E-state index contributed by atoms with van der Waals surface area (Å²) in [5, 5.41) is 9.75. The fourth-order valence-corrected chi connectivity index (χ4v) is 2.33. The Labute approximate surface area is 97.6 Å². The highest BCUT2D eigenvalue weighted by Crippen LogP contribution is 2.39. The summed E-state index contributed by atoms with van der Waals surface area (Å²) in [5.74, 6) is 0.914. The Morgan fingerprint density at radius 3 is 2.64 bits per heavy atom. The normalized spacial score (nSPS) is 19.0.